The zero-order valence-electron chi connectivity index (χ0n) is 22.3. The van der Waals surface area contributed by atoms with Crippen molar-refractivity contribution in [1.29, 1.82) is 0 Å². The maximum atomic E-state index is 12.7. The predicted molar refractivity (Wildman–Crippen MR) is 153 cm³/mol. The fourth-order valence-electron chi connectivity index (χ4n) is 4.32. The van der Waals surface area contributed by atoms with Gasteiger partial charge in [-0.15, -0.1) is 0 Å². The minimum absolute atomic E-state index is 0.00277. The Hall–Kier alpha value is -5.31. The molecule has 0 radical (unpaired) electrons. The molecule has 0 spiro atoms. The summed E-state index contributed by atoms with van der Waals surface area (Å²) in [6.07, 6.45) is 0.00277. The van der Waals surface area contributed by atoms with Crippen molar-refractivity contribution in [1.82, 2.24) is 0 Å². The first-order chi connectivity index (χ1) is 20.0. The summed E-state index contributed by atoms with van der Waals surface area (Å²) < 4.78 is 22.1. The van der Waals surface area contributed by atoms with Crippen LogP contribution in [0.4, 0.5) is 11.4 Å². The van der Waals surface area contributed by atoms with E-state index in [-0.39, 0.29) is 18.9 Å². The minimum Gasteiger partial charge on any atom is -0.493 e. The molecule has 0 saturated carbocycles. The van der Waals surface area contributed by atoms with E-state index in [1.54, 1.807) is 67.8 Å². The molecule has 1 atom stereocenters. The molecule has 9 nitrogen and oxygen atoms in total. The zero-order valence-corrected chi connectivity index (χ0v) is 22.3. The van der Waals surface area contributed by atoms with E-state index in [0.717, 1.165) is 0 Å². The van der Waals surface area contributed by atoms with Crippen LogP contribution in [-0.2, 0) is 19.1 Å². The monoisotopic (exact) mass is 552 g/mol. The summed E-state index contributed by atoms with van der Waals surface area (Å²) in [6.45, 7) is -0.296. The molecule has 0 aliphatic carbocycles. The molecule has 208 valence electrons. The average Bonchev–Trinajstić information content (AvgIpc) is 3.39. The number of nitrogens with zero attached hydrogens (tertiary/aromatic N) is 1. The Kier molecular flexibility index (Phi) is 8.44. The Morgan fingerprint density at radius 3 is 2.10 bits per heavy atom. The number of ether oxygens (including phenoxy) is 4. The van der Waals surface area contributed by atoms with Gasteiger partial charge < -0.3 is 29.2 Å². The third kappa shape index (κ3) is 7.02. The third-order valence-corrected chi connectivity index (χ3v) is 6.37. The SMILES string of the molecule is COc1ccccc1Oc1ccc(N2C[C@@H](C(=O)OCC(=O)Nc3ccc(Oc4ccccc4)cc3)CC2=O)cc1. The standard InChI is InChI=1S/C32H28N2O7/c1-38-28-9-5-6-10-29(28)41-27-17-13-24(14-18-27)34-20-22(19-31(34)36)32(37)39-21-30(35)33-23-11-15-26(16-12-23)40-25-7-3-2-4-8-25/h2-18,22H,19-21H2,1H3,(H,33,35)/t22-/m0/s1. The summed E-state index contributed by atoms with van der Waals surface area (Å²) in [5.74, 6) is 1.12. The van der Waals surface area contributed by atoms with Crippen molar-refractivity contribution < 1.29 is 33.3 Å². The molecule has 5 rings (SSSR count). The van der Waals surface area contributed by atoms with Gasteiger partial charge in [0.1, 0.15) is 17.2 Å². The Labute approximate surface area is 237 Å². The molecule has 0 bridgehead atoms. The molecular weight excluding hydrogens is 524 g/mol. The van der Waals surface area contributed by atoms with Crippen LogP contribution in [0.15, 0.2) is 103 Å². The largest absolute Gasteiger partial charge is 0.493 e. The summed E-state index contributed by atoms with van der Waals surface area (Å²) in [6, 6.07) is 30.5. The minimum atomic E-state index is -0.672. The van der Waals surface area contributed by atoms with Crippen molar-refractivity contribution in [2.45, 2.75) is 6.42 Å². The van der Waals surface area contributed by atoms with Gasteiger partial charge in [0.15, 0.2) is 18.1 Å². The average molecular weight is 553 g/mol. The summed E-state index contributed by atoms with van der Waals surface area (Å²) in [7, 11) is 1.57. The zero-order chi connectivity index (χ0) is 28.6. The maximum absolute atomic E-state index is 12.7. The summed E-state index contributed by atoms with van der Waals surface area (Å²) in [5.41, 5.74) is 1.17. The number of carbonyl (C=O) groups excluding carboxylic acids is 3. The molecule has 9 heteroatoms. The molecule has 0 unspecified atom stereocenters. The van der Waals surface area contributed by atoms with Crippen LogP contribution in [0.5, 0.6) is 28.7 Å². The second-order valence-corrected chi connectivity index (χ2v) is 9.25. The van der Waals surface area contributed by atoms with Crippen molar-refractivity contribution in [2.24, 2.45) is 5.92 Å². The molecule has 1 aliphatic rings. The van der Waals surface area contributed by atoms with Crippen LogP contribution in [-0.4, -0.2) is 38.0 Å². The first-order valence-electron chi connectivity index (χ1n) is 13.0. The van der Waals surface area contributed by atoms with E-state index in [1.165, 1.54) is 4.90 Å². The molecule has 4 aromatic rings. The van der Waals surface area contributed by atoms with E-state index in [0.29, 0.717) is 40.1 Å². The van der Waals surface area contributed by atoms with Crippen molar-refractivity contribution in [3.05, 3.63) is 103 Å². The maximum Gasteiger partial charge on any atom is 0.311 e. The Morgan fingerprint density at radius 2 is 1.39 bits per heavy atom. The van der Waals surface area contributed by atoms with Crippen LogP contribution < -0.4 is 24.4 Å². The van der Waals surface area contributed by atoms with Crippen LogP contribution in [0.25, 0.3) is 0 Å². The van der Waals surface area contributed by atoms with E-state index in [4.69, 9.17) is 18.9 Å². The predicted octanol–water partition coefficient (Wildman–Crippen LogP) is 5.81. The Bertz CT molecular complexity index is 1510. The normalized spacial score (nSPS) is 14.3. The number of rotatable bonds is 10. The molecule has 1 heterocycles. The number of anilines is 2. The van der Waals surface area contributed by atoms with Crippen molar-refractivity contribution in [2.75, 3.05) is 30.5 Å². The fourth-order valence-corrected chi connectivity index (χ4v) is 4.32. The number of hydrogen-bond acceptors (Lipinski definition) is 7. The molecule has 4 aromatic carbocycles. The molecule has 41 heavy (non-hydrogen) atoms. The third-order valence-electron chi connectivity index (χ3n) is 6.37. The van der Waals surface area contributed by atoms with Crippen LogP contribution in [0.1, 0.15) is 6.42 Å². The van der Waals surface area contributed by atoms with Gasteiger partial charge in [-0.3, -0.25) is 14.4 Å². The topological polar surface area (TPSA) is 103 Å². The van der Waals surface area contributed by atoms with E-state index in [2.05, 4.69) is 5.32 Å². The highest BCUT2D eigenvalue weighted by atomic mass is 16.5. The molecule has 1 fully saturated rings. The van der Waals surface area contributed by atoms with Crippen molar-refractivity contribution in [3.63, 3.8) is 0 Å². The fraction of sp³-hybridized carbons (Fsp3) is 0.156. The van der Waals surface area contributed by atoms with Gasteiger partial charge in [0.25, 0.3) is 5.91 Å². The number of nitrogens with one attached hydrogen (secondary N) is 1. The lowest BCUT2D eigenvalue weighted by atomic mass is 10.1. The van der Waals surface area contributed by atoms with Gasteiger partial charge in [0, 0.05) is 24.3 Å². The summed E-state index contributed by atoms with van der Waals surface area (Å²) in [5, 5.41) is 2.68. The van der Waals surface area contributed by atoms with Gasteiger partial charge in [0.05, 0.1) is 13.0 Å². The number of amides is 2. The summed E-state index contributed by atoms with van der Waals surface area (Å²) in [4.78, 5) is 39.2. The van der Waals surface area contributed by atoms with Gasteiger partial charge in [-0.05, 0) is 72.8 Å². The van der Waals surface area contributed by atoms with Crippen molar-refractivity contribution >= 4 is 29.2 Å². The van der Waals surface area contributed by atoms with E-state index < -0.39 is 24.4 Å². The number of para-hydroxylation sites is 3. The first-order valence-corrected chi connectivity index (χ1v) is 13.0. The number of methoxy groups -OCH3 is 1. The molecule has 1 N–H and O–H groups in total. The lowest BCUT2D eigenvalue weighted by Gasteiger charge is -2.17. The van der Waals surface area contributed by atoms with Gasteiger partial charge in [0.2, 0.25) is 5.91 Å². The number of esters is 1. The molecule has 0 aromatic heterocycles. The molecular formula is C32H28N2O7. The highest BCUT2D eigenvalue weighted by molar-refractivity contribution is 6.00. The summed E-state index contributed by atoms with van der Waals surface area (Å²) >= 11 is 0. The number of benzene rings is 4. The smallest absolute Gasteiger partial charge is 0.311 e. The van der Waals surface area contributed by atoms with E-state index in [9.17, 15) is 14.4 Å². The Morgan fingerprint density at radius 1 is 0.780 bits per heavy atom. The van der Waals surface area contributed by atoms with Gasteiger partial charge in [-0.25, -0.2) is 0 Å². The second kappa shape index (κ2) is 12.7. The van der Waals surface area contributed by atoms with Crippen LogP contribution >= 0.6 is 0 Å². The lowest BCUT2D eigenvalue weighted by Crippen LogP contribution is -2.28. The Balaban J connectivity index is 1.09. The van der Waals surface area contributed by atoms with Gasteiger partial charge in [-0.2, -0.15) is 0 Å². The number of hydrogen-bond donors (Lipinski definition) is 1. The highest BCUT2D eigenvalue weighted by Crippen LogP contribution is 2.33. The first kappa shape index (κ1) is 27.3. The van der Waals surface area contributed by atoms with Crippen LogP contribution in [0.3, 0.4) is 0 Å². The lowest BCUT2D eigenvalue weighted by molar-refractivity contribution is -0.151. The van der Waals surface area contributed by atoms with Crippen LogP contribution in [0, 0.1) is 5.92 Å². The highest BCUT2D eigenvalue weighted by Gasteiger charge is 2.36. The van der Waals surface area contributed by atoms with Gasteiger partial charge in [-0.1, -0.05) is 30.3 Å². The van der Waals surface area contributed by atoms with Crippen molar-refractivity contribution in [3.8, 4) is 28.7 Å². The van der Waals surface area contributed by atoms with Crippen LogP contribution in [0.2, 0.25) is 0 Å². The van der Waals surface area contributed by atoms with E-state index >= 15 is 0 Å². The van der Waals surface area contributed by atoms with E-state index in [1.807, 2.05) is 42.5 Å². The molecule has 2 amide bonds. The quantitative estimate of drug-likeness (QED) is 0.248. The number of carbonyl (C=O) groups is 3. The second-order valence-electron chi connectivity index (χ2n) is 9.25. The van der Waals surface area contributed by atoms with Gasteiger partial charge >= 0.3 is 5.97 Å². The molecule has 1 aliphatic heterocycles. The molecule has 1 saturated heterocycles.